The van der Waals surface area contributed by atoms with Crippen molar-refractivity contribution in [1.82, 2.24) is 10.2 Å². The van der Waals surface area contributed by atoms with Crippen molar-refractivity contribution in [3.8, 4) is 11.1 Å². The maximum absolute atomic E-state index is 13.2. The van der Waals surface area contributed by atoms with Crippen LogP contribution in [0.4, 0.5) is 4.79 Å². The van der Waals surface area contributed by atoms with Crippen molar-refractivity contribution in [2.75, 3.05) is 19.7 Å². The highest BCUT2D eigenvalue weighted by Crippen LogP contribution is 2.44. The van der Waals surface area contributed by atoms with Crippen molar-refractivity contribution in [3.05, 3.63) is 59.7 Å². The molecular weight excluding hydrogens is 432 g/mol. The number of hydrogen-bond donors (Lipinski definition) is 2. The number of fused-ring (bicyclic) bond motifs is 3. The second-order valence-corrected chi connectivity index (χ2v) is 9.34. The summed E-state index contributed by atoms with van der Waals surface area (Å²) in [6, 6.07) is 15.3. The predicted octanol–water partition coefficient (Wildman–Crippen LogP) is 4.51. The number of rotatable bonds is 10. The molecule has 0 spiro atoms. The zero-order chi connectivity index (χ0) is 24.8. The van der Waals surface area contributed by atoms with Gasteiger partial charge in [0.25, 0.3) is 0 Å². The summed E-state index contributed by atoms with van der Waals surface area (Å²) < 4.78 is 5.62. The molecule has 2 aromatic rings. The van der Waals surface area contributed by atoms with Crippen LogP contribution in [0.1, 0.15) is 51.2 Å². The minimum atomic E-state index is -1.09. The molecule has 0 radical (unpaired) electrons. The number of carbonyl (C=O) groups excluding carboxylic acids is 2. The van der Waals surface area contributed by atoms with Crippen molar-refractivity contribution in [3.63, 3.8) is 0 Å². The van der Waals surface area contributed by atoms with Crippen LogP contribution in [0.3, 0.4) is 0 Å². The Hall–Kier alpha value is -3.35. The average Bonchev–Trinajstić information content (AvgIpc) is 3.13. The largest absolute Gasteiger partial charge is 0.480 e. The lowest BCUT2D eigenvalue weighted by molar-refractivity contribution is -0.146. The van der Waals surface area contributed by atoms with Gasteiger partial charge in [-0.3, -0.25) is 9.59 Å². The van der Waals surface area contributed by atoms with Crippen LogP contribution in [0.15, 0.2) is 48.5 Å². The summed E-state index contributed by atoms with van der Waals surface area (Å²) in [4.78, 5) is 38.7. The Balaban J connectivity index is 1.72. The minimum Gasteiger partial charge on any atom is -0.480 e. The SMILES string of the molecule is CCC(C)C(NC(=O)OCC1c2ccccc2-c2ccccc21)C(=O)N(CC(=O)O)CC(C)C. The molecule has 0 aromatic heterocycles. The first-order chi connectivity index (χ1) is 16.2. The van der Waals surface area contributed by atoms with Crippen molar-refractivity contribution in [2.45, 2.75) is 46.1 Å². The van der Waals surface area contributed by atoms with Gasteiger partial charge in [-0.25, -0.2) is 4.79 Å². The second kappa shape index (κ2) is 11.2. The Bertz CT molecular complexity index is 990. The smallest absolute Gasteiger partial charge is 0.407 e. The molecule has 2 N–H and O–H groups in total. The van der Waals surface area contributed by atoms with Gasteiger partial charge in [-0.15, -0.1) is 0 Å². The van der Waals surface area contributed by atoms with Gasteiger partial charge in [0.15, 0.2) is 0 Å². The van der Waals surface area contributed by atoms with Crippen LogP contribution in [0.25, 0.3) is 11.1 Å². The van der Waals surface area contributed by atoms with Crippen LogP contribution in [0.2, 0.25) is 0 Å². The van der Waals surface area contributed by atoms with Gasteiger partial charge in [0.2, 0.25) is 5.91 Å². The number of nitrogens with zero attached hydrogens (tertiary/aromatic N) is 1. The molecule has 0 saturated carbocycles. The number of carboxylic acids is 1. The second-order valence-electron chi connectivity index (χ2n) is 9.34. The van der Waals surface area contributed by atoms with Crippen LogP contribution < -0.4 is 5.32 Å². The van der Waals surface area contributed by atoms with E-state index in [1.807, 2.05) is 64.1 Å². The van der Waals surface area contributed by atoms with E-state index < -0.39 is 30.6 Å². The molecule has 0 aliphatic heterocycles. The normalized spacial score (nSPS) is 14.1. The summed E-state index contributed by atoms with van der Waals surface area (Å²) in [7, 11) is 0. The number of carboxylic acid groups (broad SMARTS) is 1. The number of carbonyl (C=O) groups is 3. The molecule has 1 aliphatic carbocycles. The Morgan fingerprint density at radius 3 is 2.06 bits per heavy atom. The molecule has 0 fully saturated rings. The lowest BCUT2D eigenvalue weighted by atomic mass is 9.97. The van der Waals surface area contributed by atoms with Crippen molar-refractivity contribution < 1.29 is 24.2 Å². The maximum atomic E-state index is 13.2. The molecule has 0 bridgehead atoms. The summed E-state index contributed by atoms with van der Waals surface area (Å²) in [5.41, 5.74) is 4.49. The van der Waals surface area contributed by atoms with Gasteiger partial charge in [-0.1, -0.05) is 82.6 Å². The van der Waals surface area contributed by atoms with Crippen LogP contribution in [0, 0.1) is 11.8 Å². The lowest BCUT2D eigenvalue weighted by Crippen LogP contribution is -2.53. The highest BCUT2D eigenvalue weighted by atomic mass is 16.5. The molecule has 0 saturated heterocycles. The number of benzene rings is 2. The molecule has 2 unspecified atom stereocenters. The first-order valence-electron chi connectivity index (χ1n) is 11.8. The zero-order valence-corrected chi connectivity index (χ0v) is 20.3. The molecule has 2 aromatic carbocycles. The molecule has 2 atom stereocenters. The fourth-order valence-electron chi connectivity index (χ4n) is 4.48. The van der Waals surface area contributed by atoms with E-state index in [1.54, 1.807) is 0 Å². The Kier molecular flexibility index (Phi) is 8.31. The summed E-state index contributed by atoms with van der Waals surface area (Å²) in [5.74, 6) is -1.66. The molecule has 1 aliphatic rings. The Morgan fingerprint density at radius 2 is 1.56 bits per heavy atom. The molecule has 0 heterocycles. The summed E-state index contributed by atoms with van der Waals surface area (Å²) in [5, 5.41) is 12.0. The topological polar surface area (TPSA) is 95.9 Å². The van der Waals surface area contributed by atoms with Crippen molar-refractivity contribution >= 4 is 18.0 Å². The Labute approximate surface area is 201 Å². The summed E-state index contributed by atoms with van der Waals surface area (Å²) in [6.45, 7) is 7.65. The van der Waals surface area contributed by atoms with E-state index in [0.717, 1.165) is 22.3 Å². The van der Waals surface area contributed by atoms with Gasteiger partial charge >= 0.3 is 12.1 Å². The standard InChI is InChI=1S/C27H34N2O5/c1-5-18(4)25(26(32)29(14-17(2)3)15-24(30)31)28-27(33)34-16-23-21-12-8-6-10-19(21)20-11-7-9-13-22(20)23/h6-13,17-18,23,25H,5,14-16H2,1-4H3,(H,28,33)(H,30,31). The molecular formula is C27H34N2O5. The number of hydrogen-bond acceptors (Lipinski definition) is 4. The van der Waals surface area contributed by atoms with Crippen molar-refractivity contribution in [2.24, 2.45) is 11.8 Å². The van der Waals surface area contributed by atoms with E-state index in [1.165, 1.54) is 4.90 Å². The van der Waals surface area contributed by atoms with Crippen LogP contribution >= 0.6 is 0 Å². The predicted molar refractivity (Wildman–Crippen MR) is 131 cm³/mol. The third-order valence-corrected chi connectivity index (χ3v) is 6.32. The van der Waals surface area contributed by atoms with Gasteiger partial charge < -0.3 is 20.1 Å². The van der Waals surface area contributed by atoms with Crippen LogP contribution in [-0.2, 0) is 14.3 Å². The molecule has 7 heteroatoms. The third-order valence-electron chi connectivity index (χ3n) is 6.32. The third kappa shape index (κ3) is 5.76. The van der Waals surface area contributed by atoms with Crippen molar-refractivity contribution in [1.29, 1.82) is 0 Å². The van der Waals surface area contributed by atoms with E-state index in [2.05, 4.69) is 17.4 Å². The minimum absolute atomic E-state index is 0.0830. The van der Waals surface area contributed by atoms with Gasteiger partial charge in [-0.2, -0.15) is 0 Å². The van der Waals surface area contributed by atoms with E-state index in [9.17, 15) is 19.5 Å². The van der Waals surface area contributed by atoms with Crippen LogP contribution in [-0.4, -0.2) is 53.7 Å². The number of ether oxygens (including phenoxy) is 1. The van der Waals surface area contributed by atoms with Gasteiger partial charge in [-0.05, 0) is 34.1 Å². The fourth-order valence-corrected chi connectivity index (χ4v) is 4.48. The van der Waals surface area contributed by atoms with Gasteiger partial charge in [0.1, 0.15) is 19.2 Å². The molecule has 7 nitrogen and oxygen atoms in total. The number of alkyl carbamates (subject to hydrolysis) is 1. The number of aliphatic carboxylic acids is 1. The van der Waals surface area contributed by atoms with E-state index in [0.29, 0.717) is 13.0 Å². The van der Waals surface area contributed by atoms with Gasteiger partial charge in [0.05, 0.1) is 0 Å². The monoisotopic (exact) mass is 466 g/mol. The first kappa shape index (κ1) is 25.3. The first-order valence-corrected chi connectivity index (χ1v) is 11.8. The quantitative estimate of drug-likeness (QED) is 0.537. The maximum Gasteiger partial charge on any atom is 0.407 e. The lowest BCUT2D eigenvalue weighted by Gasteiger charge is -2.30. The van der Waals surface area contributed by atoms with Gasteiger partial charge in [0, 0.05) is 12.5 Å². The summed E-state index contributed by atoms with van der Waals surface area (Å²) in [6.07, 6.45) is -0.0387. The average molecular weight is 467 g/mol. The van der Waals surface area contributed by atoms with E-state index in [4.69, 9.17) is 4.74 Å². The molecule has 34 heavy (non-hydrogen) atoms. The fraction of sp³-hybridized carbons (Fsp3) is 0.444. The number of amides is 2. The molecule has 182 valence electrons. The highest BCUT2D eigenvalue weighted by Gasteiger charge is 2.33. The van der Waals surface area contributed by atoms with E-state index in [-0.39, 0.29) is 24.4 Å². The Morgan fingerprint density at radius 1 is 1.00 bits per heavy atom. The van der Waals surface area contributed by atoms with Crippen LogP contribution in [0.5, 0.6) is 0 Å². The summed E-state index contributed by atoms with van der Waals surface area (Å²) >= 11 is 0. The van der Waals surface area contributed by atoms with E-state index >= 15 is 0 Å². The highest BCUT2D eigenvalue weighted by molar-refractivity contribution is 5.88. The number of nitrogens with one attached hydrogen (secondary N) is 1. The molecule has 2 amide bonds. The zero-order valence-electron chi connectivity index (χ0n) is 20.3. The molecule has 3 rings (SSSR count).